The van der Waals surface area contributed by atoms with Gasteiger partial charge in [-0.1, -0.05) is 0 Å². The number of nitrogens with zero attached hydrogens (tertiary/aromatic N) is 2. The van der Waals surface area contributed by atoms with Crippen LogP contribution in [0, 0.1) is 17.2 Å². The summed E-state index contributed by atoms with van der Waals surface area (Å²) in [5, 5.41) is 11.5. The van der Waals surface area contributed by atoms with E-state index in [0.717, 1.165) is 0 Å². The number of methoxy groups -OCH3 is 1. The minimum absolute atomic E-state index is 0.0490. The number of nitrogen functional groups attached to an aromatic ring is 1. The normalized spacial score (nSPS) is 11.8. The molecule has 0 radical (unpaired) electrons. The topological polar surface area (TPSA) is 91.4 Å². The van der Waals surface area contributed by atoms with Gasteiger partial charge in [0.1, 0.15) is 5.75 Å². The first kappa shape index (κ1) is 16.8. The maximum absolute atomic E-state index is 12.0. The quantitative estimate of drug-likeness (QED) is 0.746. The van der Waals surface area contributed by atoms with E-state index in [1.807, 2.05) is 18.9 Å². The van der Waals surface area contributed by atoms with E-state index in [0.29, 0.717) is 36.6 Å². The van der Waals surface area contributed by atoms with E-state index < -0.39 is 0 Å². The third-order valence-electron chi connectivity index (χ3n) is 3.02. The van der Waals surface area contributed by atoms with Gasteiger partial charge in [-0.05, 0) is 32.2 Å². The number of nitrogens with one attached hydrogen (secondary N) is 1. The molecular formula is C15H22N4O2. The Hall–Kier alpha value is -2.26. The summed E-state index contributed by atoms with van der Waals surface area (Å²) < 4.78 is 5.18. The van der Waals surface area contributed by atoms with Gasteiger partial charge in [0.15, 0.2) is 0 Å². The van der Waals surface area contributed by atoms with Crippen molar-refractivity contribution in [3.63, 3.8) is 0 Å². The summed E-state index contributed by atoms with van der Waals surface area (Å²) in [4.78, 5) is 13.9. The van der Waals surface area contributed by atoms with Gasteiger partial charge in [-0.15, -0.1) is 0 Å². The first-order valence-corrected chi connectivity index (χ1v) is 6.77. The second-order valence-corrected chi connectivity index (χ2v) is 5.05. The molecule has 0 aliphatic carbocycles. The molecule has 1 amide bonds. The summed E-state index contributed by atoms with van der Waals surface area (Å²) in [6.07, 6.45) is 0.340. The van der Waals surface area contributed by atoms with Crippen molar-refractivity contribution in [2.75, 3.05) is 38.3 Å². The van der Waals surface area contributed by atoms with Crippen molar-refractivity contribution in [3.05, 3.63) is 18.2 Å². The average molecular weight is 290 g/mol. The Bertz CT molecular complexity index is 525. The Balaban J connectivity index is 2.51. The smallest absolute Gasteiger partial charge is 0.225 e. The lowest BCUT2D eigenvalue weighted by molar-refractivity contribution is -0.116. The molecule has 0 bridgehead atoms. The van der Waals surface area contributed by atoms with Crippen molar-refractivity contribution >= 4 is 17.3 Å². The molecule has 0 aliphatic heterocycles. The van der Waals surface area contributed by atoms with Crippen molar-refractivity contribution in [1.82, 2.24) is 4.90 Å². The fraction of sp³-hybridized carbons (Fsp3) is 0.467. The van der Waals surface area contributed by atoms with Crippen LogP contribution in [0.5, 0.6) is 5.75 Å². The predicted octanol–water partition coefficient (Wildman–Crippen LogP) is 1.70. The number of hydrogen-bond donors (Lipinski definition) is 2. The van der Waals surface area contributed by atoms with E-state index in [2.05, 4.69) is 11.4 Å². The number of hydrogen-bond acceptors (Lipinski definition) is 5. The molecule has 0 aliphatic rings. The zero-order chi connectivity index (χ0) is 15.8. The fourth-order valence-corrected chi connectivity index (χ4v) is 1.93. The number of anilines is 2. The van der Waals surface area contributed by atoms with Crippen LogP contribution in [0.1, 0.15) is 13.3 Å². The minimum atomic E-state index is -0.115. The molecule has 1 rings (SSSR count). The average Bonchev–Trinajstić information content (AvgIpc) is 2.45. The van der Waals surface area contributed by atoms with Gasteiger partial charge in [0.05, 0.1) is 24.8 Å². The largest absolute Gasteiger partial charge is 0.495 e. The molecule has 1 aromatic carbocycles. The van der Waals surface area contributed by atoms with Crippen molar-refractivity contribution in [3.8, 4) is 11.8 Å². The molecule has 6 nitrogen and oxygen atoms in total. The van der Waals surface area contributed by atoms with Crippen molar-refractivity contribution in [2.45, 2.75) is 13.3 Å². The Morgan fingerprint density at radius 1 is 1.57 bits per heavy atom. The van der Waals surface area contributed by atoms with Crippen LogP contribution in [0.25, 0.3) is 0 Å². The molecule has 6 heteroatoms. The summed E-state index contributed by atoms with van der Waals surface area (Å²) in [7, 11) is 3.43. The molecule has 0 heterocycles. The highest BCUT2D eigenvalue weighted by Gasteiger charge is 2.10. The van der Waals surface area contributed by atoms with Crippen LogP contribution < -0.4 is 15.8 Å². The molecule has 0 saturated heterocycles. The summed E-state index contributed by atoms with van der Waals surface area (Å²) >= 11 is 0. The van der Waals surface area contributed by atoms with Gasteiger partial charge in [0.2, 0.25) is 5.91 Å². The SMILES string of the molecule is COc1ccc(N)cc1NC(=O)CCN(C)CC(C)C#N. The van der Waals surface area contributed by atoms with Gasteiger partial charge in [-0.3, -0.25) is 4.79 Å². The van der Waals surface area contributed by atoms with Crippen molar-refractivity contribution in [1.29, 1.82) is 5.26 Å². The molecule has 1 atom stereocenters. The maximum atomic E-state index is 12.0. The fourth-order valence-electron chi connectivity index (χ4n) is 1.93. The van der Waals surface area contributed by atoms with Gasteiger partial charge >= 0.3 is 0 Å². The second-order valence-electron chi connectivity index (χ2n) is 5.05. The van der Waals surface area contributed by atoms with Crippen molar-refractivity contribution < 1.29 is 9.53 Å². The molecule has 0 aromatic heterocycles. The molecular weight excluding hydrogens is 268 g/mol. The highest BCUT2D eigenvalue weighted by Crippen LogP contribution is 2.26. The first-order valence-electron chi connectivity index (χ1n) is 6.77. The van der Waals surface area contributed by atoms with Crippen LogP contribution in [0.15, 0.2) is 18.2 Å². The van der Waals surface area contributed by atoms with E-state index in [1.54, 1.807) is 18.2 Å². The van der Waals surface area contributed by atoms with E-state index in [1.165, 1.54) is 7.11 Å². The van der Waals surface area contributed by atoms with Gasteiger partial charge < -0.3 is 20.7 Å². The van der Waals surface area contributed by atoms with Gasteiger partial charge in [-0.25, -0.2) is 0 Å². The molecule has 114 valence electrons. The lowest BCUT2D eigenvalue weighted by Gasteiger charge is -2.17. The van der Waals surface area contributed by atoms with Gasteiger partial charge in [0.25, 0.3) is 0 Å². The van der Waals surface area contributed by atoms with Crippen LogP contribution in [0.4, 0.5) is 11.4 Å². The Morgan fingerprint density at radius 2 is 2.29 bits per heavy atom. The van der Waals surface area contributed by atoms with Crippen LogP contribution in [-0.2, 0) is 4.79 Å². The summed E-state index contributed by atoms with van der Waals surface area (Å²) in [5.41, 5.74) is 6.83. The highest BCUT2D eigenvalue weighted by molar-refractivity contribution is 5.93. The summed E-state index contributed by atoms with van der Waals surface area (Å²) in [6.45, 7) is 3.09. The molecule has 1 unspecified atom stereocenters. The van der Waals surface area contributed by atoms with Crippen LogP contribution in [0.3, 0.4) is 0 Å². The van der Waals surface area contributed by atoms with Crippen LogP contribution in [-0.4, -0.2) is 38.1 Å². The van der Waals surface area contributed by atoms with E-state index in [4.69, 9.17) is 15.7 Å². The molecule has 3 N–H and O–H groups in total. The number of carbonyl (C=O) groups excluding carboxylic acids is 1. The predicted molar refractivity (Wildman–Crippen MR) is 82.9 cm³/mol. The molecule has 21 heavy (non-hydrogen) atoms. The molecule has 1 aromatic rings. The second kappa shape index (κ2) is 8.12. The number of nitrogens with two attached hydrogens (primary N) is 1. The lowest BCUT2D eigenvalue weighted by Crippen LogP contribution is -2.28. The number of benzene rings is 1. The van der Waals surface area contributed by atoms with Crippen LogP contribution >= 0.6 is 0 Å². The zero-order valence-electron chi connectivity index (χ0n) is 12.7. The summed E-state index contributed by atoms with van der Waals surface area (Å²) in [6, 6.07) is 7.26. The maximum Gasteiger partial charge on any atom is 0.225 e. The van der Waals surface area contributed by atoms with Crippen LogP contribution in [0.2, 0.25) is 0 Å². The van der Waals surface area contributed by atoms with E-state index in [9.17, 15) is 4.79 Å². The summed E-state index contributed by atoms with van der Waals surface area (Å²) in [5.74, 6) is 0.409. The van der Waals surface area contributed by atoms with E-state index in [-0.39, 0.29) is 11.8 Å². The number of nitriles is 1. The standard InChI is InChI=1S/C15H22N4O2/c1-11(9-16)10-19(2)7-6-15(20)18-13-8-12(17)4-5-14(13)21-3/h4-5,8,11H,6-7,10,17H2,1-3H3,(H,18,20). The lowest BCUT2D eigenvalue weighted by atomic mass is 10.2. The monoisotopic (exact) mass is 290 g/mol. The highest BCUT2D eigenvalue weighted by atomic mass is 16.5. The Kier molecular flexibility index (Phi) is 6.50. The van der Waals surface area contributed by atoms with E-state index >= 15 is 0 Å². The minimum Gasteiger partial charge on any atom is -0.495 e. The van der Waals surface area contributed by atoms with Gasteiger partial charge in [-0.2, -0.15) is 5.26 Å². The third-order valence-corrected chi connectivity index (χ3v) is 3.02. The Morgan fingerprint density at radius 3 is 2.90 bits per heavy atom. The van der Waals surface area contributed by atoms with Crippen molar-refractivity contribution in [2.24, 2.45) is 5.92 Å². The molecule has 0 saturated carbocycles. The zero-order valence-corrected chi connectivity index (χ0v) is 12.7. The number of amides is 1. The molecule has 0 spiro atoms. The number of carbonyl (C=O) groups is 1. The third kappa shape index (κ3) is 5.71. The van der Waals surface area contributed by atoms with Gasteiger partial charge in [0, 0.05) is 25.2 Å². The Labute approximate surface area is 125 Å². The first-order chi connectivity index (χ1) is 9.96. The molecule has 0 fully saturated rings. The number of rotatable bonds is 7. The number of ether oxygens (including phenoxy) is 1.